The molecule has 0 radical (unpaired) electrons. The average Bonchev–Trinajstić information content (AvgIpc) is 2.39. The Morgan fingerprint density at radius 3 is 2.55 bits per heavy atom. The van der Waals surface area contributed by atoms with E-state index in [1.165, 1.54) is 0 Å². The Labute approximate surface area is 134 Å². The number of amides is 2. The summed E-state index contributed by atoms with van der Waals surface area (Å²) < 4.78 is 0.601. The predicted molar refractivity (Wildman–Crippen MR) is 82.6 cm³/mol. The van der Waals surface area contributed by atoms with Crippen molar-refractivity contribution in [3.63, 3.8) is 0 Å². The summed E-state index contributed by atoms with van der Waals surface area (Å²) in [7, 11) is 0. The highest BCUT2D eigenvalue weighted by Gasteiger charge is 2.19. The lowest BCUT2D eigenvalue weighted by molar-refractivity contribution is -0.139. The fraction of sp³-hybridized carbons (Fsp3) is 0.333. The number of carboxylic acid groups (broad SMARTS) is 1. The van der Waals surface area contributed by atoms with E-state index in [1.54, 1.807) is 12.1 Å². The van der Waals surface area contributed by atoms with Gasteiger partial charge in [-0.15, -0.1) is 0 Å². The third-order valence-electron chi connectivity index (χ3n) is 2.46. The van der Waals surface area contributed by atoms with Crippen molar-refractivity contribution < 1.29 is 14.7 Å². The maximum Gasteiger partial charge on any atom is 0.326 e. The van der Waals surface area contributed by atoms with Crippen molar-refractivity contribution in [1.29, 1.82) is 0 Å². The minimum atomic E-state index is -1.08. The zero-order chi connectivity index (χ0) is 15.3. The molecule has 1 atom stereocenters. The summed E-state index contributed by atoms with van der Waals surface area (Å²) in [5.41, 5.74) is 0.304. The molecular formula is C12H13BrCl2N2O3. The van der Waals surface area contributed by atoms with Crippen molar-refractivity contribution >= 4 is 56.8 Å². The van der Waals surface area contributed by atoms with Crippen LogP contribution < -0.4 is 10.6 Å². The highest BCUT2D eigenvalue weighted by Crippen LogP contribution is 2.35. The normalized spacial score (nSPS) is 11.8. The van der Waals surface area contributed by atoms with E-state index < -0.39 is 18.0 Å². The first-order valence-corrected chi connectivity index (χ1v) is 7.35. The molecule has 0 aliphatic rings. The van der Waals surface area contributed by atoms with Crippen LogP contribution in [0.5, 0.6) is 0 Å². The zero-order valence-corrected chi connectivity index (χ0v) is 13.6. The van der Waals surface area contributed by atoms with Crippen LogP contribution in [0.25, 0.3) is 0 Å². The van der Waals surface area contributed by atoms with Crippen LogP contribution in [0.1, 0.15) is 19.8 Å². The van der Waals surface area contributed by atoms with Gasteiger partial charge in [-0.3, -0.25) is 0 Å². The van der Waals surface area contributed by atoms with Gasteiger partial charge in [0.15, 0.2) is 0 Å². The molecule has 110 valence electrons. The quantitative estimate of drug-likeness (QED) is 0.669. The maximum absolute atomic E-state index is 11.8. The van der Waals surface area contributed by atoms with E-state index in [1.807, 2.05) is 6.92 Å². The van der Waals surface area contributed by atoms with Crippen molar-refractivity contribution in [2.24, 2.45) is 0 Å². The molecule has 8 heteroatoms. The molecule has 0 saturated heterocycles. The molecule has 0 aromatic heterocycles. The number of benzene rings is 1. The number of carboxylic acids is 1. The minimum Gasteiger partial charge on any atom is -0.480 e. The van der Waals surface area contributed by atoms with E-state index >= 15 is 0 Å². The summed E-state index contributed by atoms with van der Waals surface area (Å²) in [5.74, 6) is -1.08. The van der Waals surface area contributed by atoms with Gasteiger partial charge in [0.25, 0.3) is 0 Å². The average molecular weight is 384 g/mol. The Bertz CT molecular complexity index is 526. The molecule has 0 fully saturated rings. The molecule has 2 amide bonds. The van der Waals surface area contributed by atoms with Crippen molar-refractivity contribution in [1.82, 2.24) is 5.32 Å². The molecular weight excluding hydrogens is 371 g/mol. The van der Waals surface area contributed by atoms with Gasteiger partial charge in [0, 0.05) is 4.47 Å². The largest absolute Gasteiger partial charge is 0.480 e. The Morgan fingerprint density at radius 2 is 2.00 bits per heavy atom. The van der Waals surface area contributed by atoms with Crippen molar-refractivity contribution in [3.05, 3.63) is 26.7 Å². The van der Waals surface area contributed by atoms with Crippen LogP contribution in [0.2, 0.25) is 10.0 Å². The van der Waals surface area contributed by atoms with E-state index in [-0.39, 0.29) is 10.0 Å². The number of carbonyl (C=O) groups excluding carboxylic acids is 1. The summed E-state index contributed by atoms with van der Waals surface area (Å²) in [6.45, 7) is 1.83. The van der Waals surface area contributed by atoms with E-state index in [0.29, 0.717) is 23.0 Å². The third kappa shape index (κ3) is 4.54. The van der Waals surface area contributed by atoms with Crippen LogP contribution in [-0.2, 0) is 4.79 Å². The smallest absolute Gasteiger partial charge is 0.326 e. The number of urea groups is 1. The van der Waals surface area contributed by atoms with Gasteiger partial charge in [0.05, 0.1) is 15.7 Å². The maximum atomic E-state index is 11.8. The molecule has 0 aliphatic heterocycles. The first kappa shape index (κ1) is 17.1. The zero-order valence-electron chi connectivity index (χ0n) is 10.5. The second-order valence-corrected chi connectivity index (χ2v) is 5.61. The molecule has 20 heavy (non-hydrogen) atoms. The lowest BCUT2D eigenvalue weighted by atomic mass is 10.2. The van der Waals surface area contributed by atoms with Crippen molar-refractivity contribution in [2.75, 3.05) is 5.32 Å². The Morgan fingerprint density at radius 1 is 1.35 bits per heavy atom. The molecule has 5 nitrogen and oxygen atoms in total. The Hall–Kier alpha value is -0.980. The predicted octanol–water partition coefficient (Wildman–Crippen LogP) is 4.13. The number of rotatable bonds is 5. The van der Waals surface area contributed by atoms with Gasteiger partial charge in [-0.05, 0) is 34.5 Å². The summed E-state index contributed by atoms with van der Waals surface area (Å²) >= 11 is 15.1. The number of aliphatic carboxylic acids is 1. The number of nitrogens with one attached hydrogen (secondary N) is 2. The molecule has 3 N–H and O–H groups in total. The monoisotopic (exact) mass is 382 g/mol. The van der Waals surface area contributed by atoms with Crippen molar-refractivity contribution in [3.8, 4) is 0 Å². The van der Waals surface area contributed by atoms with Gasteiger partial charge < -0.3 is 15.7 Å². The van der Waals surface area contributed by atoms with Crippen LogP contribution in [0.3, 0.4) is 0 Å². The number of carbonyl (C=O) groups is 2. The van der Waals surface area contributed by atoms with Crippen LogP contribution in [-0.4, -0.2) is 23.1 Å². The van der Waals surface area contributed by atoms with Crippen LogP contribution in [0.15, 0.2) is 16.6 Å². The van der Waals surface area contributed by atoms with E-state index in [0.717, 1.165) is 0 Å². The topological polar surface area (TPSA) is 78.4 Å². The standard InChI is InChI=1S/C12H13BrCl2N2O3/c1-2-3-8(11(18)19)17-12(20)16-7-5-4-6(13)9(14)10(7)15/h4-5,8H,2-3H2,1H3,(H,18,19)(H2,16,17,20). The fourth-order valence-electron chi connectivity index (χ4n) is 1.49. The van der Waals surface area contributed by atoms with E-state index in [2.05, 4.69) is 26.6 Å². The lowest BCUT2D eigenvalue weighted by Gasteiger charge is -2.15. The van der Waals surface area contributed by atoms with Crippen LogP contribution >= 0.6 is 39.1 Å². The highest BCUT2D eigenvalue weighted by molar-refractivity contribution is 9.10. The molecule has 1 unspecified atom stereocenters. The number of anilines is 1. The minimum absolute atomic E-state index is 0.179. The number of hydrogen-bond acceptors (Lipinski definition) is 2. The molecule has 1 rings (SSSR count). The number of hydrogen-bond donors (Lipinski definition) is 3. The van der Waals surface area contributed by atoms with Gasteiger partial charge in [-0.25, -0.2) is 9.59 Å². The summed E-state index contributed by atoms with van der Waals surface area (Å²) in [4.78, 5) is 22.7. The molecule has 0 aliphatic carbocycles. The van der Waals surface area contributed by atoms with Crippen LogP contribution in [0.4, 0.5) is 10.5 Å². The first-order chi connectivity index (χ1) is 9.36. The van der Waals surface area contributed by atoms with E-state index in [9.17, 15) is 9.59 Å². The molecule has 0 bridgehead atoms. The van der Waals surface area contributed by atoms with Gasteiger partial charge >= 0.3 is 12.0 Å². The summed E-state index contributed by atoms with van der Waals surface area (Å²) in [5, 5.41) is 14.2. The summed E-state index contributed by atoms with van der Waals surface area (Å²) in [6, 6.07) is 1.61. The Kier molecular flexibility index (Phi) is 6.58. The van der Waals surface area contributed by atoms with Crippen LogP contribution in [0, 0.1) is 0 Å². The second-order valence-electron chi connectivity index (χ2n) is 4.00. The van der Waals surface area contributed by atoms with E-state index in [4.69, 9.17) is 28.3 Å². The number of halogens is 3. The fourth-order valence-corrected chi connectivity index (χ4v) is 2.31. The SMILES string of the molecule is CCCC(NC(=O)Nc1ccc(Br)c(Cl)c1Cl)C(=O)O. The van der Waals surface area contributed by atoms with Gasteiger partial charge in [-0.2, -0.15) is 0 Å². The second kappa shape index (κ2) is 7.71. The molecule has 0 heterocycles. The summed E-state index contributed by atoms with van der Waals surface area (Å²) in [6.07, 6.45) is 0.986. The molecule has 0 saturated carbocycles. The van der Waals surface area contributed by atoms with Crippen molar-refractivity contribution in [2.45, 2.75) is 25.8 Å². The molecule has 1 aromatic rings. The molecule has 0 spiro atoms. The lowest BCUT2D eigenvalue weighted by Crippen LogP contribution is -2.42. The Balaban J connectivity index is 2.76. The van der Waals surface area contributed by atoms with Gasteiger partial charge in [0.2, 0.25) is 0 Å². The first-order valence-electron chi connectivity index (χ1n) is 5.80. The third-order valence-corrected chi connectivity index (χ3v) is 4.24. The van der Waals surface area contributed by atoms with Gasteiger partial charge in [-0.1, -0.05) is 36.5 Å². The highest BCUT2D eigenvalue weighted by atomic mass is 79.9. The van der Waals surface area contributed by atoms with Gasteiger partial charge in [0.1, 0.15) is 6.04 Å². The molecule has 1 aromatic carbocycles.